The van der Waals surface area contributed by atoms with Crippen molar-refractivity contribution in [2.45, 2.75) is 57.0 Å². The van der Waals surface area contributed by atoms with Crippen LogP contribution in [0.1, 0.15) is 56.1 Å². The first-order chi connectivity index (χ1) is 11.0. The van der Waals surface area contributed by atoms with Gasteiger partial charge in [-0.25, -0.2) is 0 Å². The Bertz CT molecular complexity index is 673. The number of benzene rings is 1. The van der Waals surface area contributed by atoms with Crippen LogP contribution in [-0.2, 0) is 6.42 Å². The summed E-state index contributed by atoms with van der Waals surface area (Å²) in [5, 5.41) is 11.0. The third-order valence-corrected chi connectivity index (χ3v) is 7.32. The fourth-order valence-corrected chi connectivity index (χ4v) is 5.94. The number of hydrogen-bond acceptors (Lipinski definition) is 2. The molecule has 1 N–H and O–H groups in total. The topological polar surface area (TPSA) is 29.5 Å². The molecule has 0 aliphatic heterocycles. The first-order valence-electron chi connectivity index (χ1n) is 8.89. The van der Waals surface area contributed by atoms with Gasteiger partial charge < -0.3 is 9.84 Å². The van der Waals surface area contributed by atoms with E-state index in [4.69, 9.17) is 11.2 Å². The Morgan fingerprint density at radius 3 is 2.83 bits per heavy atom. The van der Waals surface area contributed by atoms with Crippen molar-refractivity contribution >= 4 is 0 Å². The van der Waals surface area contributed by atoms with Crippen LogP contribution in [0.4, 0.5) is 0 Å². The van der Waals surface area contributed by atoms with Gasteiger partial charge in [0.25, 0.3) is 0 Å². The SMILES string of the molecule is C#CC1(O)CC[C@H]2[C@@H]3CCc4cc(OC)ccc4[C@H]3CC[C@@]21C. The predicted molar refractivity (Wildman–Crippen MR) is 91.4 cm³/mol. The van der Waals surface area contributed by atoms with E-state index in [1.807, 2.05) is 0 Å². The minimum absolute atomic E-state index is 0.104. The normalized spacial score (nSPS) is 41.4. The van der Waals surface area contributed by atoms with Crippen molar-refractivity contribution in [3.63, 3.8) is 0 Å². The highest BCUT2D eigenvalue weighted by molar-refractivity contribution is 5.41. The highest BCUT2D eigenvalue weighted by atomic mass is 16.5. The first-order valence-corrected chi connectivity index (χ1v) is 8.89. The molecule has 0 saturated heterocycles. The molecule has 0 spiro atoms. The van der Waals surface area contributed by atoms with Gasteiger partial charge in [0, 0.05) is 5.41 Å². The molecule has 3 aliphatic carbocycles. The maximum Gasteiger partial charge on any atom is 0.130 e. The van der Waals surface area contributed by atoms with Gasteiger partial charge in [-0.1, -0.05) is 18.9 Å². The van der Waals surface area contributed by atoms with Crippen molar-refractivity contribution in [1.29, 1.82) is 0 Å². The maximum absolute atomic E-state index is 11.0. The van der Waals surface area contributed by atoms with Crippen molar-refractivity contribution in [3.05, 3.63) is 29.3 Å². The van der Waals surface area contributed by atoms with Crippen molar-refractivity contribution in [2.24, 2.45) is 17.3 Å². The quantitative estimate of drug-likeness (QED) is 0.797. The second-order valence-electron chi connectivity index (χ2n) is 7.98. The summed E-state index contributed by atoms with van der Waals surface area (Å²) in [7, 11) is 1.73. The summed E-state index contributed by atoms with van der Waals surface area (Å²) in [4.78, 5) is 0. The zero-order valence-electron chi connectivity index (χ0n) is 14.1. The average Bonchev–Trinajstić information content (AvgIpc) is 2.86. The van der Waals surface area contributed by atoms with E-state index in [0.717, 1.165) is 37.9 Å². The lowest BCUT2D eigenvalue weighted by molar-refractivity contribution is -0.0646. The van der Waals surface area contributed by atoms with Gasteiger partial charge in [0.15, 0.2) is 0 Å². The Balaban J connectivity index is 1.70. The van der Waals surface area contributed by atoms with Crippen LogP contribution < -0.4 is 4.74 Å². The highest BCUT2D eigenvalue weighted by Crippen LogP contribution is 2.64. The summed E-state index contributed by atoms with van der Waals surface area (Å²) in [5.74, 6) is 5.56. The van der Waals surface area contributed by atoms with Gasteiger partial charge in [0.2, 0.25) is 0 Å². The highest BCUT2D eigenvalue weighted by Gasteiger charge is 2.61. The first kappa shape index (κ1) is 15.1. The molecule has 2 fully saturated rings. The number of terminal acetylenes is 1. The lowest BCUT2D eigenvalue weighted by atomic mass is 9.53. The summed E-state index contributed by atoms with van der Waals surface area (Å²) in [5.41, 5.74) is 1.97. The van der Waals surface area contributed by atoms with Crippen LogP contribution in [0.25, 0.3) is 0 Å². The molecular weight excluding hydrogens is 284 g/mol. The molecule has 3 aliphatic rings. The van der Waals surface area contributed by atoms with Crippen molar-refractivity contribution < 1.29 is 9.84 Å². The Kier molecular flexibility index (Phi) is 3.29. The number of aliphatic hydroxyl groups is 1. The molecule has 2 nitrogen and oxygen atoms in total. The summed E-state index contributed by atoms with van der Waals surface area (Å²) >= 11 is 0. The Labute approximate surface area is 139 Å². The van der Waals surface area contributed by atoms with Crippen LogP contribution in [0.5, 0.6) is 5.75 Å². The van der Waals surface area contributed by atoms with Gasteiger partial charge in [-0.3, -0.25) is 0 Å². The van der Waals surface area contributed by atoms with Crippen LogP contribution in [0.3, 0.4) is 0 Å². The molecular formula is C21H26O2. The largest absolute Gasteiger partial charge is 0.497 e. The smallest absolute Gasteiger partial charge is 0.130 e. The van der Waals surface area contributed by atoms with E-state index in [0.29, 0.717) is 17.8 Å². The molecule has 23 heavy (non-hydrogen) atoms. The fourth-order valence-electron chi connectivity index (χ4n) is 5.94. The monoisotopic (exact) mass is 310 g/mol. The predicted octanol–water partition coefficient (Wildman–Crippen LogP) is 3.92. The molecule has 0 bridgehead atoms. The third-order valence-electron chi connectivity index (χ3n) is 7.32. The van der Waals surface area contributed by atoms with E-state index in [9.17, 15) is 5.11 Å². The van der Waals surface area contributed by atoms with Gasteiger partial charge in [-0.05, 0) is 79.5 Å². The van der Waals surface area contributed by atoms with Gasteiger partial charge in [-0.15, -0.1) is 6.42 Å². The standard InChI is InChI=1S/C21H26O2/c1-4-21(22)12-10-19-18-7-5-14-13-15(23-3)6-8-16(14)17(18)9-11-20(19,21)2/h1,6,8,13,17-19,22H,5,7,9-12H2,2-3H3/t17-,18-,19+,20+,21?/m1/s1. The molecule has 5 atom stereocenters. The summed E-state index contributed by atoms with van der Waals surface area (Å²) in [6.07, 6.45) is 12.1. The number of hydrogen-bond donors (Lipinski definition) is 1. The fraction of sp³-hybridized carbons (Fsp3) is 0.619. The summed E-state index contributed by atoms with van der Waals surface area (Å²) in [6.45, 7) is 2.24. The van der Waals surface area contributed by atoms with Gasteiger partial charge in [0.1, 0.15) is 11.4 Å². The Morgan fingerprint density at radius 2 is 2.09 bits per heavy atom. The summed E-state index contributed by atoms with van der Waals surface area (Å²) in [6, 6.07) is 6.59. The van der Waals surface area contributed by atoms with E-state index < -0.39 is 5.60 Å². The molecule has 2 heteroatoms. The van der Waals surface area contributed by atoms with E-state index in [1.165, 1.54) is 17.5 Å². The van der Waals surface area contributed by atoms with E-state index in [1.54, 1.807) is 7.11 Å². The van der Waals surface area contributed by atoms with Crippen molar-refractivity contribution in [1.82, 2.24) is 0 Å². The van der Waals surface area contributed by atoms with Crippen LogP contribution in [-0.4, -0.2) is 17.8 Å². The molecule has 0 aromatic heterocycles. The molecule has 0 radical (unpaired) electrons. The second-order valence-corrected chi connectivity index (χ2v) is 7.98. The van der Waals surface area contributed by atoms with E-state index >= 15 is 0 Å². The van der Waals surface area contributed by atoms with Crippen LogP contribution in [0.2, 0.25) is 0 Å². The minimum atomic E-state index is -0.900. The Hall–Kier alpha value is -1.46. The number of ether oxygens (including phenoxy) is 1. The molecule has 0 heterocycles. The molecule has 1 aromatic rings. The van der Waals surface area contributed by atoms with Crippen LogP contribution in [0.15, 0.2) is 18.2 Å². The van der Waals surface area contributed by atoms with Crippen molar-refractivity contribution in [3.8, 4) is 18.1 Å². The van der Waals surface area contributed by atoms with E-state index in [2.05, 4.69) is 31.0 Å². The summed E-state index contributed by atoms with van der Waals surface area (Å²) < 4.78 is 5.39. The van der Waals surface area contributed by atoms with Gasteiger partial charge >= 0.3 is 0 Å². The molecule has 1 unspecified atom stereocenters. The molecule has 4 rings (SSSR count). The van der Waals surface area contributed by atoms with Crippen molar-refractivity contribution in [2.75, 3.05) is 7.11 Å². The van der Waals surface area contributed by atoms with E-state index in [-0.39, 0.29) is 5.41 Å². The lowest BCUT2D eigenvalue weighted by Gasteiger charge is -2.52. The Morgan fingerprint density at radius 1 is 1.26 bits per heavy atom. The molecule has 0 amide bonds. The maximum atomic E-state index is 11.0. The van der Waals surface area contributed by atoms with Crippen LogP contribution >= 0.6 is 0 Å². The zero-order valence-corrected chi connectivity index (χ0v) is 14.1. The zero-order chi connectivity index (χ0) is 16.2. The number of methoxy groups -OCH3 is 1. The average molecular weight is 310 g/mol. The molecule has 2 saturated carbocycles. The number of fused-ring (bicyclic) bond motifs is 5. The number of rotatable bonds is 1. The molecule has 122 valence electrons. The third kappa shape index (κ3) is 1.93. The van der Waals surface area contributed by atoms with Crippen LogP contribution in [0, 0.1) is 29.6 Å². The minimum Gasteiger partial charge on any atom is -0.497 e. The molecule has 1 aromatic carbocycles. The van der Waals surface area contributed by atoms with Gasteiger partial charge in [0.05, 0.1) is 7.11 Å². The van der Waals surface area contributed by atoms with Gasteiger partial charge in [-0.2, -0.15) is 0 Å². The number of aryl methyl sites for hydroxylation is 1. The second kappa shape index (κ2) is 5.02. The lowest BCUT2D eigenvalue weighted by Crippen LogP contribution is -2.50.